The molecule has 0 radical (unpaired) electrons. The zero-order valence-corrected chi connectivity index (χ0v) is 17.0. The number of carbonyl (C=O) groups is 3. The number of carbonyl (C=O) groups excluding carboxylic acids is 2. The molecule has 2 N–H and O–H groups in total. The molecule has 0 bridgehead atoms. The maximum absolute atomic E-state index is 13.2. The second kappa shape index (κ2) is 9.04. The first-order valence-corrected chi connectivity index (χ1v) is 10.2. The Balaban J connectivity index is 2.17. The predicted molar refractivity (Wildman–Crippen MR) is 101 cm³/mol. The second-order valence-corrected chi connectivity index (χ2v) is 8.20. The van der Waals surface area contributed by atoms with Gasteiger partial charge in [-0.3, -0.25) is 14.9 Å². The summed E-state index contributed by atoms with van der Waals surface area (Å²) in [6.45, 7) is 7.82. The van der Waals surface area contributed by atoms with Gasteiger partial charge in [-0.2, -0.15) is 0 Å². The summed E-state index contributed by atoms with van der Waals surface area (Å²) < 4.78 is 5.10. The van der Waals surface area contributed by atoms with Crippen LogP contribution in [0.5, 0.6) is 0 Å². The zero-order valence-electron chi connectivity index (χ0n) is 17.0. The first-order chi connectivity index (χ1) is 12.7. The Morgan fingerprint density at radius 3 is 2.59 bits per heavy atom. The highest BCUT2D eigenvalue weighted by Crippen LogP contribution is 2.49. The van der Waals surface area contributed by atoms with Crippen molar-refractivity contribution < 1.29 is 24.2 Å². The molecule has 1 aliphatic carbocycles. The van der Waals surface area contributed by atoms with Crippen molar-refractivity contribution in [3.05, 3.63) is 0 Å². The summed E-state index contributed by atoms with van der Waals surface area (Å²) in [6.07, 6.45) is 5.74. The molecule has 0 aromatic heterocycles. The molecule has 1 saturated carbocycles. The van der Waals surface area contributed by atoms with E-state index in [0.29, 0.717) is 12.8 Å². The molecule has 2 fully saturated rings. The average Bonchev–Trinajstić information content (AvgIpc) is 2.94. The number of nitrogens with one attached hydrogen (secondary N) is 1. The van der Waals surface area contributed by atoms with E-state index in [1.165, 1.54) is 0 Å². The van der Waals surface area contributed by atoms with E-state index >= 15 is 0 Å². The predicted octanol–water partition coefficient (Wildman–Crippen LogP) is 2.33. The van der Waals surface area contributed by atoms with Crippen LogP contribution >= 0.6 is 0 Å². The lowest BCUT2D eigenvalue weighted by Gasteiger charge is -2.40. The van der Waals surface area contributed by atoms with E-state index in [-0.39, 0.29) is 29.9 Å². The van der Waals surface area contributed by atoms with Crippen molar-refractivity contribution in [2.75, 3.05) is 6.61 Å². The number of aliphatic carboxylic acids is 1. The monoisotopic (exact) mass is 382 g/mol. The summed E-state index contributed by atoms with van der Waals surface area (Å²) in [5.41, 5.74) is -0.138. The standard InChI is InChI=1S/C20H34N2O5/c1-5-9-14(19(26)27-6-2)21-13(3)17(23)22-15(18(24)25)12-20(4)11-8-7-10-16(20)22/h13-16,21H,5-12H2,1-4H3,(H,24,25)/t13-,14-,15-,16-,20-/m0/s1. The molecule has 0 unspecified atom stereocenters. The third-order valence-corrected chi connectivity index (χ3v) is 6.12. The van der Waals surface area contributed by atoms with Gasteiger partial charge in [-0.15, -0.1) is 0 Å². The van der Waals surface area contributed by atoms with Crippen molar-refractivity contribution in [1.29, 1.82) is 0 Å². The quantitative estimate of drug-likeness (QED) is 0.626. The van der Waals surface area contributed by atoms with Gasteiger partial charge in [0.25, 0.3) is 0 Å². The minimum absolute atomic E-state index is 0.0451. The van der Waals surface area contributed by atoms with Crippen LogP contribution in [0.2, 0.25) is 0 Å². The SMILES string of the molecule is CCC[C@H](N[C@@H](C)C(=O)N1[C@H]2CCCC[C@@]2(C)C[C@H]1C(=O)O)C(=O)OCC. The third-order valence-electron chi connectivity index (χ3n) is 6.12. The molecular formula is C20H34N2O5. The minimum atomic E-state index is -0.943. The van der Waals surface area contributed by atoms with Crippen LogP contribution in [0.1, 0.15) is 72.6 Å². The van der Waals surface area contributed by atoms with E-state index in [2.05, 4.69) is 12.2 Å². The number of rotatable bonds is 8. The van der Waals surface area contributed by atoms with Gasteiger partial charge in [0.1, 0.15) is 12.1 Å². The van der Waals surface area contributed by atoms with Crippen molar-refractivity contribution in [3.8, 4) is 0 Å². The molecular weight excluding hydrogens is 348 g/mol. The van der Waals surface area contributed by atoms with Gasteiger partial charge in [0.05, 0.1) is 12.6 Å². The van der Waals surface area contributed by atoms with Crippen molar-refractivity contribution in [2.24, 2.45) is 5.41 Å². The number of nitrogens with zero attached hydrogens (tertiary/aromatic N) is 1. The summed E-state index contributed by atoms with van der Waals surface area (Å²) in [5, 5.41) is 12.8. The third kappa shape index (κ3) is 4.62. The van der Waals surface area contributed by atoms with Gasteiger partial charge in [0.2, 0.25) is 5.91 Å². The summed E-state index contributed by atoms with van der Waals surface area (Å²) in [7, 11) is 0. The Labute approximate surface area is 161 Å². The number of fused-ring (bicyclic) bond motifs is 1. The number of esters is 1. The summed E-state index contributed by atoms with van der Waals surface area (Å²) in [5.74, 6) is -1.54. The van der Waals surface area contributed by atoms with Crippen LogP contribution in [-0.4, -0.2) is 58.6 Å². The van der Waals surface area contributed by atoms with Crippen LogP contribution in [-0.2, 0) is 19.1 Å². The molecule has 7 nitrogen and oxygen atoms in total. The van der Waals surface area contributed by atoms with Crippen LogP contribution in [0.15, 0.2) is 0 Å². The van der Waals surface area contributed by atoms with E-state index in [1.807, 2.05) is 6.92 Å². The first kappa shape index (κ1) is 21.7. The molecule has 1 aliphatic heterocycles. The second-order valence-electron chi connectivity index (χ2n) is 8.20. The average molecular weight is 383 g/mol. The summed E-state index contributed by atoms with van der Waals surface area (Å²) in [4.78, 5) is 38.8. The fourth-order valence-electron chi connectivity index (χ4n) is 4.76. The highest BCUT2D eigenvalue weighted by atomic mass is 16.5. The van der Waals surface area contributed by atoms with Crippen LogP contribution in [0.3, 0.4) is 0 Å². The highest BCUT2D eigenvalue weighted by molar-refractivity contribution is 5.88. The highest BCUT2D eigenvalue weighted by Gasteiger charge is 2.54. The van der Waals surface area contributed by atoms with Gasteiger partial charge < -0.3 is 14.7 Å². The fraction of sp³-hybridized carbons (Fsp3) is 0.850. The number of hydrogen-bond donors (Lipinski definition) is 2. The van der Waals surface area contributed by atoms with Gasteiger partial charge in [-0.1, -0.05) is 33.1 Å². The van der Waals surface area contributed by atoms with Gasteiger partial charge >= 0.3 is 11.9 Å². The fourth-order valence-corrected chi connectivity index (χ4v) is 4.76. The maximum Gasteiger partial charge on any atom is 0.326 e. The Kier molecular flexibility index (Phi) is 7.25. The van der Waals surface area contributed by atoms with E-state index < -0.39 is 24.1 Å². The Bertz CT molecular complexity index is 567. The normalized spacial score (nSPS) is 29.7. The molecule has 0 aromatic carbocycles. The zero-order chi connectivity index (χ0) is 20.2. The largest absolute Gasteiger partial charge is 0.480 e. The maximum atomic E-state index is 13.2. The smallest absolute Gasteiger partial charge is 0.326 e. The van der Waals surface area contributed by atoms with Crippen LogP contribution < -0.4 is 5.32 Å². The van der Waals surface area contributed by atoms with Gasteiger partial charge in [0.15, 0.2) is 0 Å². The summed E-state index contributed by atoms with van der Waals surface area (Å²) in [6, 6.07) is -2.03. The molecule has 0 aromatic rings. The van der Waals surface area contributed by atoms with E-state index in [4.69, 9.17) is 4.74 Å². The van der Waals surface area contributed by atoms with Crippen LogP contribution in [0.4, 0.5) is 0 Å². The molecule has 27 heavy (non-hydrogen) atoms. The molecule has 1 heterocycles. The number of ether oxygens (including phenoxy) is 1. The summed E-state index contributed by atoms with van der Waals surface area (Å²) >= 11 is 0. The van der Waals surface area contributed by atoms with Gasteiger partial charge in [-0.05, 0) is 44.9 Å². The van der Waals surface area contributed by atoms with Crippen molar-refractivity contribution in [3.63, 3.8) is 0 Å². The number of carboxylic acids is 1. The molecule has 154 valence electrons. The molecule has 0 spiro atoms. The van der Waals surface area contributed by atoms with Crippen molar-refractivity contribution in [2.45, 2.75) is 96.8 Å². The number of amides is 1. The Morgan fingerprint density at radius 1 is 1.30 bits per heavy atom. The molecule has 7 heteroatoms. The van der Waals surface area contributed by atoms with Crippen LogP contribution in [0.25, 0.3) is 0 Å². The van der Waals surface area contributed by atoms with Gasteiger partial charge in [-0.25, -0.2) is 4.79 Å². The number of carboxylic acid groups (broad SMARTS) is 1. The lowest BCUT2D eigenvalue weighted by Crippen LogP contribution is -2.56. The first-order valence-electron chi connectivity index (χ1n) is 10.2. The topological polar surface area (TPSA) is 95.9 Å². The van der Waals surface area contributed by atoms with Crippen molar-refractivity contribution in [1.82, 2.24) is 10.2 Å². The lowest BCUT2D eigenvalue weighted by molar-refractivity contribution is -0.152. The molecule has 5 atom stereocenters. The molecule has 1 saturated heterocycles. The molecule has 2 aliphatic rings. The van der Waals surface area contributed by atoms with E-state index in [1.54, 1.807) is 18.7 Å². The number of hydrogen-bond acceptors (Lipinski definition) is 5. The van der Waals surface area contributed by atoms with Crippen LogP contribution in [0, 0.1) is 5.41 Å². The molecule has 2 rings (SSSR count). The van der Waals surface area contributed by atoms with E-state index in [0.717, 1.165) is 32.1 Å². The van der Waals surface area contributed by atoms with Gasteiger partial charge in [0, 0.05) is 6.04 Å². The lowest BCUT2D eigenvalue weighted by atomic mass is 9.71. The minimum Gasteiger partial charge on any atom is -0.480 e. The number of likely N-dealkylation sites (tertiary alicyclic amines) is 1. The van der Waals surface area contributed by atoms with Crippen molar-refractivity contribution >= 4 is 17.8 Å². The van der Waals surface area contributed by atoms with E-state index in [9.17, 15) is 19.5 Å². The Hall–Kier alpha value is -1.63. The molecule has 1 amide bonds. The Morgan fingerprint density at radius 2 is 2.00 bits per heavy atom.